The minimum Gasteiger partial charge on any atom is -0.492 e. The molecule has 1 aromatic heterocycles. The third kappa shape index (κ3) is 5.40. The number of pyridine rings is 1. The van der Waals surface area contributed by atoms with Crippen molar-refractivity contribution in [3.63, 3.8) is 0 Å². The van der Waals surface area contributed by atoms with Crippen LogP contribution in [0.1, 0.15) is 44.0 Å². The van der Waals surface area contributed by atoms with Crippen LogP contribution in [0.4, 0.5) is 0 Å². The second kappa shape index (κ2) is 8.35. The van der Waals surface area contributed by atoms with Gasteiger partial charge in [0.1, 0.15) is 5.75 Å². The molecule has 0 aliphatic rings. The van der Waals surface area contributed by atoms with Gasteiger partial charge in [0.2, 0.25) is 0 Å². The number of aromatic nitrogens is 1. The van der Waals surface area contributed by atoms with E-state index in [1.807, 2.05) is 19.1 Å². The summed E-state index contributed by atoms with van der Waals surface area (Å²) in [4.78, 5) is 4.48. The van der Waals surface area contributed by atoms with E-state index >= 15 is 0 Å². The first-order chi connectivity index (χ1) is 8.27. The van der Waals surface area contributed by atoms with Gasteiger partial charge in [-0.15, -0.1) is 11.6 Å². The Bertz CT molecular complexity index is 328. The molecule has 17 heavy (non-hydrogen) atoms. The minimum absolute atomic E-state index is 0.767. The van der Waals surface area contributed by atoms with E-state index in [1.54, 1.807) is 0 Å². The predicted molar refractivity (Wildman–Crippen MR) is 73.0 cm³/mol. The molecule has 0 saturated heterocycles. The van der Waals surface area contributed by atoms with Crippen LogP contribution < -0.4 is 4.74 Å². The molecule has 96 valence electrons. The Hall–Kier alpha value is -0.760. The Morgan fingerprint density at radius 2 is 1.94 bits per heavy atom. The molecule has 0 amide bonds. The van der Waals surface area contributed by atoms with E-state index in [9.17, 15) is 0 Å². The van der Waals surface area contributed by atoms with E-state index in [-0.39, 0.29) is 0 Å². The fourth-order valence-electron chi connectivity index (χ4n) is 1.71. The summed E-state index contributed by atoms with van der Waals surface area (Å²) in [5.74, 6) is 1.71. The van der Waals surface area contributed by atoms with Crippen LogP contribution >= 0.6 is 11.6 Å². The van der Waals surface area contributed by atoms with Gasteiger partial charge in [0.05, 0.1) is 12.3 Å². The van der Waals surface area contributed by atoms with Crippen molar-refractivity contribution in [2.45, 2.75) is 46.0 Å². The van der Waals surface area contributed by atoms with E-state index < -0.39 is 0 Å². The number of ether oxygens (including phenoxy) is 1. The zero-order valence-corrected chi connectivity index (χ0v) is 11.6. The molecule has 1 rings (SSSR count). The topological polar surface area (TPSA) is 22.1 Å². The van der Waals surface area contributed by atoms with Gasteiger partial charge in [-0.25, -0.2) is 0 Å². The van der Waals surface area contributed by atoms with Crippen molar-refractivity contribution in [3.05, 3.63) is 23.5 Å². The Balaban J connectivity index is 2.31. The number of hydrogen-bond donors (Lipinski definition) is 0. The molecule has 0 unspecified atom stereocenters. The predicted octanol–water partition coefficient (Wildman–Crippen LogP) is 4.13. The van der Waals surface area contributed by atoms with Gasteiger partial charge in [-0.05, 0) is 38.3 Å². The van der Waals surface area contributed by atoms with Crippen LogP contribution in [-0.4, -0.2) is 17.5 Å². The standard InChI is InChI=1S/C14H22ClNO/c1-3-13-14(9-8-12(2)16-13)17-11-7-5-4-6-10-15/h8-9H,3-7,10-11H2,1-2H3. The van der Waals surface area contributed by atoms with Crippen molar-refractivity contribution in [1.29, 1.82) is 0 Å². The van der Waals surface area contributed by atoms with E-state index in [0.717, 1.165) is 48.9 Å². The molecule has 0 radical (unpaired) electrons. The minimum atomic E-state index is 0.767. The van der Waals surface area contributed by atoms with Crippen LogP contribution in [0.2, 0.25) is 0 Å². The quantitative estimate of drug-likeness (QED) is 0.515. The van der Waals surface area contributed by atoms with Crippen molar-refractivity contribution in [1.82, 2.24) is 4.98 Å². The maximum absolute atomic E-state index is 5.77. The number of unbranched alkanes of at least 4 members (excludes halogenated alkanes) is 3. The molecule has 0 saturated carbocycles. The summed E-state index contributed by atoms with van der Waals surface area (Å²) in [6, 6.07) is 4.03. The van der Waals surface area contributed by atoms with Crippen molar-refractivity contribution in [2.75, 3.05) is 12.5 Å². The van der Waals surface area contributed by atoms with Gasteiger partial charge >= 0.3 is 0 Å². The Labute approximate surface area is 109 Å². The van der Waals surface area contributed by atoms with Gasteiger partial charge in [0.15, 0.2) is 0 Å². The van der Waals surface area contributed by atoms with Crippen LogP contribution in [0.5, 0.6) is 5.75 Å². The average Bonchev–Trinajstić information content (AvgIpc) is 2.35. The summed E-state index contributed by atoms with van der Waals surface area (Å²) < 4.78 is 5.77. The van der Waals surface area contributed by atoms with E-state index in [4.69, 9.17) is 16.3 Å². The fraction of sp³-hybridized carbons (Fsp3) is 0.643. The summed E-state index contributed by atoms with van der Waals surface area (Å²) in [6.45, 7) is 4.89. The van der Waals surface area contributed by atoms with Crippen LogP contribution in [-0.2, 0) is 6.42 Å². The highest BCUT2D eigenvalue weighted by Crippen LogP contribution is 2.17. The number of alkyl halides is 1. The van der Waals surface area contributed by atoms with Crippen molar-refractivity contribution in [2.24, 2.45) is 0 Å². The first-order valence-electron chi connectivity index (χ1n) is 6.43. The van der Waals surface area contributed by atoms with E-state index in [2.05, 4.69) is 11.9 Å². The highest BCUT2D eigenvalue weighted by Gasteiger charge is 2.03. The van der Waals surface area contributed by atoms with Crippen LogP contribution in [0.15, 0.2) is 12.1 Å². The van der Waals surface area contributed by atoms with Crippen LogP contribution in [0.3, 0.4) is 0 Å². The Kier molecular flexibility index (Phi) is 7.02. The molecule has 0 fully saturated rings. The zero-order chi connectivity index (χ0) is 12.5. The third-order valence-electron chi connectivity index (χ3n) is 2.69. The number of nitrogens with zero attached hydrogens (tertiary/aromatic N) is 1. The summed E-state index contributed by atoms with van der Waals surface area (Å²) in [5.41, 5.74) is 2.11. The van der Waals surface area contributed by atoms with Crippen LogP contribution in [0, 0.1) is 6.92 Å². The smallest absolute Gasteiger partial charge is 0.140 e. The maximum atomic E-state index is 5.77. The lowest BCUT2D eigenvalue weighted by Gasteiger charge is -2.10. The summed E-state index contributed by atoms with van der Waals surface area (Å²) in [7, 11) is 0. The molecule has 0 N–H and O–H groups in total. The molecule has 0 aliphatic heterocycles. The number of hydrogen-bond acceptors (Lipinski definition) is 2. The van der Waals surface area contributed by atoms with E-state index in [1.165, 1.54) is 12.8 Å². The molecule has 0 aromatic carbocycles. The number of halogens is 1. The lowest BCUT2D eigenvalue weighted by Crippen LogP contribution is -2.02. The third-order valence-corrected chi connectivity index (χ3v) is 2.96. The first-order valence-corrected chi connectivity index (χ1v) is 6.96. The van der Waals surface area contributed by atoms with Crippen molar-refractivity contribution in [3.8, 4) is 5.75 Å². The Morgan fingerprint density at radius 1 is 1.18 bits per heavy atom. The molecule has 3 heteroatoms. The highest BCUT2D eigenvalue weighted by molar-refractivity contribution is 6.17. The van der Waals surface area contributed by atoms with Gasteiger partial charge in [0, 0.05) is 11.6 Å². The molecule has 2 nitrogen and oxygen atoms in total. The zero-order valence-electron chi connectivity index (χ0n) is 10.8. The molecule has 0 bridgehead atoms. The molecule has 1 aromatic rings. The van der Waals surface area contributed by atoms with Gasteiger partial charge in [-0.2, -0.15) is 0 Å². The summed E-state index contributed by atoms with van der Waals surface area (Å²) in [5, 5.41) is 0. The van der Waals surface area contributed by atoms with Crippen LogP contribution in [0.25, 0.3) is 0 Å². The average molecular weight is 256 g/mol. The SMILES string of the molecule is CCc1nc(C)ccc1OCCCCCCCl. The number of rotatable bonds is 8. The van der Waals surface area contributed by atoms with Gasteiger partial charge < -0.3 is 4.74 Å². The maximum Gasteiger partial charge on any atom is 0.140 e. The second-order valence-electron chi connectivity index (χ2n) is 4.20. The molecule has 0 aliphatic carbocycles. The molecular weight excluding hydrogens is 234 g/mol. The highest BCUT2D eigenvalue weighted by atomic mass is 35.5. The monoisotopic (exact) mass is 255 g/mol. The van der Waals surface area contributed by atoms with Crippen molar-refractivity contribution >= 4 is 11.6 Å². The number of aryl methyl sites for hydroxylation is 2. The lowest BCUT2D eigenvalue weighted by atomic mass is 10.2. The molecule has 1 heterocycles. The fourth-order valence-corrected chi connectivity index (χ4v) is 1.90. The molecule has 0 spiro atoms. The molecular formula is C14H22ClNO. The van der Waals surface area contributed by atoms with Gasteiger partial charge in [-0.1, -0.05) is 19.8 Å². The van der Waals surface area contributed by atoms with Crippen molar-refractivity contribution < 1.29 is 4.74 Å². The largest absolute Gasteiger partial charge is 0.492 e. The lowest BCUT2D eigenvalue weighted by molar-refractivity contribution is 0.300. The van der Waals surface area contributed by atoms with E-state index in [0.29, 0.717) is 0 Å². The first kappa shape index (κ1) is 14.3. The Morgan fingerprint density at radius 3 is 2.65 bits per heavy atom. The summed E-state index contributed by atoms with van der Waals surface area (Å²) >= 11 is 5.63. The van der Waals surface area contributed by atoms with Gasteiger partial charge in [0.25, 0.3) is 0 Å². The van der Waals surface area contributed by atoms with Gasteiger partial charge in [-0.3, -0.25) is 4.98 Å². The molecule has 0 atom stereocenters. The second-order valence-corrected chi connectivity index (χ2v) is 4.58. The summed E-state index contributed by atoms with van der Waals surface area (Å²) in [6.07, 6.45) is 5.50. The normalized spacial score (nSPS) is 10.5.